The monoisotopic (exact) mass is 345 g/mol. The molecule has 25 heavy (non-hydrogen) atoms. The number of fused-ring (bicyclic) bond motifs is 1. The van der Waals surface area contributed by atoms with Crippen LogP contribution in [0.1, 0.15) is 49.3 Å². The summed E-state index contributed by atoms with van der Waals surface area (Å²) in [6.07, 6.45) is 5.93. The zero-order valence-electron chi connectivity index (χ0n) is 15.4. The van der Waals surface area contributed by atoms with Crippen molar-refractivity contribution >= 4 is 5.96 Å². The predicted molar refractivity (Wildman–Crippen MR) is 95.7 cm³/mol. The van der Waals surface area contributed by atoms with Gasteiger partial charge in [0.15, 0.2) is 11.8 Å². The average molecular weight is 345 g/mol. The van der Waals surface area contributed by atoms with Gasteiger partial charge in [0.25, 0.3) is 0 Å². The van der Waals surface area contributed by atoms with Gasteiger partial charge in [-0.05, 0) is 39.2 Å². The van der Waals surface area contributed by atoms with Crippen molar-refractivity contribution < 1.29 is 4.52 Å². The van der Waals surface area contributed by atoms with E-state index in [1.807, 2.05) is 6.92 Å². The van der Waals surface area contributed by atoms with Gasteiger partial charge in [-0.15, -0.1) is 0 Å². The fraction of sp³-hybridized carbons (Fsp3) is 0.647. The zero-order chi connectivity index (χ0) is 17.8. The Balaban J connectivity index is 1.50. The summed E-state index contributed by atoms with van der Waals surface area (Å²) in [5, 5.41) is 15.3. The largest absolute Gasteiger partial charge is 0.356 e. The Morgan fingerprint density at radius 1 is 1.48 bits per heavy atom. The van der Waals surface area contributed by atoms with Crippen LogP contribution in [0.25, 0.3) is 0 Å². The molecule has 8 heteroatoms. The van der Waals surface area contributed by atoms with Crippen molar-refractivity contribution in [2.75, 3.05) is 13.6 Å². The topological polar surface area (TPSA) is 93.2 Å². The molecule has 2 aromatic heterocycles. The van der Waals surface area contributed by atoms with Crippen molar-refractivity contribution in [2.45, 2.75) is 58.5 Å². The molecule has 8 nitrogen and oxygen atoms in total. The molecule has 0 aliphatic heterocycles. The zero-order valence-corrected chi connectivity index (χ0v) is 15.4. The molecule has 0 amide bonds. The van der Waals surface area contributed by atoms with E-state index >= 15 is 0 Å². The maximum Gasteiger partial charge on any atom is 0.228 e. The van der Waals surface area contributed by atoms with Gasteiger partial charge in [-0.25, -0.2) is 0 Å². The highest BCUT2D eigenvalue weighted by Crippen LogP contribution is 2.21. The van der Waals surface area contributed by atoms with Gasteiger partial charge in [0.05, 0.1) is 5.69 Å². The molecule has 0 saturated carbocycles. The van der Waals surface area contributed by atoms with E-state index in [9.17, 15) is 0 Å². The Labute approximate surface area is 148 Å². The van der Waals surface area contributed by atoms with Crippen LogP contribution < -0.4 is 10.6 Å². The molecule has 2 N–H and O–H groups in total. The molecule has 0 saturated heterocycles. The van der Waals surface area contributed by atoms with E-state index in [-0.39, 0.29) is 0 Å². The van der Waals surface area contributed by atoms with Gasteiger partial charge >= 0.3 is 0 Å². The maximum absolute atomic E-state index is 5.12. The normalized spacial score (nSPS) is 17.6. The molecule has 0 aromatic carbocycles. The second kappa shape index (κ2) is 7.67. The number of hydrogen-bond donors (Lipinski definition) is 2. The summed E-state index contributed by atoms with van der Waals surface area (Å²) in [6.45, 7) is 6.83. The molecule has 0 fully saturated rings. The third-order valence-corrected chi connectivity index (χ3v) is 4.39. The quantitative estimate of drug-likeness (QED) is 0.629. The number of aryl methyl sites for hydroxylation is 2. The van der Waals surface area contributed by atoms with E-state index in [1.54, 1.807) is 7.05 Å². The molecule has 1 aliphatic carbocycles. The first-order valence-corrected chi connectivity index (χ1v) is 8.88. The van der Waals surface area contributed by atoms with Crippen molar-refractivity contribution in [3.05, 3.63) is 29.2 Å². The lowest BCUT2D eigenvalue weighted by Gasteiger charge is -2.24. The highest BCUT2D eigenvalue weighted by Gasteiger charge is 2.23. The van der Waals surface area contributed by atoms with Crippen molar-refractivity contribution in [3.63, 3.8) is 0 Å². The summed E-state index contributed by atoms with van der Waals surface area (Å²) >= 11 is 0. The number of aromatic nitrogens is 4. The highest BCUT2D eigenvalue weighted by molar-refractivity contribution is 5.80. The molecule has 3 rings (SSSR count). The molecule has 2 heterocycles. The molecule has 0 spiro atoms. The number of nitrogens with one attached hydrogen (secondary N) is 2. The molecule has 0 radical (unpaired) electrons. The van der Waals surface area contributed by atoms with E-state index in [2.05, 4.69) is 50.5 Å². The fourth-order valence-electron chi connectivity index (χ4n) is 3.02. The summed E-state index contributed by atoms with van der Waals surface area (Å²) in [5.41, 5.74) is 2.58. The molecular weight excluding hydrogens is 318 g/mol. The molecule has 136 valence electrons. The van der Waals surface area contributed by atoms with Crippen LogP contribution in [0.5, 0.6) is 0 Å². The smallest absolute Gasteiger partial charge is 0.228 e. The predicted octanol–water partition coefficient (Wildman–Crippen LogP) is 1.42. The van der Waals surface area contributed by atoms with Gasteiger partial charge in [0.2, 0.25) is 5.89 Å². The van der Waals surface area contributed by atoms with Gasteiger partial charge in [-0.1, -0.05) is 5.16 Å². The van der Waals surface area contributed by atoms with Crippen LogP contribution >= 0.6 is 0 Å². The number of rotatable bonds is 5. The molecule has 1 unspecified atom stereocenters. The molecule has 1 aliphatic rings. The SMILES string of the molecule is CN=C(NCCc1nc(C)no1)NC1CCc2cn(C(C)C)nc2C1. The number of nitrogens with zero attached hydrogens (tertiary/aromatic N) is 5. The van der Waals surface area contributed by atoms with E-state index < -0.39 is 0 Å². The Bertz CT molecular complexity index is 731. The fourth-order valence-corrected chi connectivity index (χ4v) is 3.02. The number of guanidine groups is 1. The Morgan fingerprint density at radius 3 is 3.00 bits per heavy atom. The van der Waals surface area contributed by atoms with Crippen molar-refractivity contribution in [1.29, 1.82) is 0 Å². The first-order chi connectivity index (χ1) is 12.0. The van der Waals surface area contributed by atoms with Crippen LogP contribution in [0.15, 0.2) is 15.7 Å². The summed E-state index contributed by atoms with van der Waals surface area (Å²) in [5.74, 6) is 2.10. The molecular formula is C17H27N7O. The summed E-state index contributed by atoms with van der Waals surface area (Å²) in [4.78, 5) is 8.51. The third kappa shape index (κ3) is 4.37. The minimum atomic E-state index is 0.347. The maximum atomic E-state index is 5.12. The second-order valence-electron chi connectivity index (χ2n) is 6.74. The molecule has 0 bridgehead atoms. The Kier molecular flexibility index (Phi) is 5.35. The first-order valence-electron chi connectivity index (χ1n) is 8.88. The first kappa shape index (κ1) is 17.4. The van der Waals surface area contributed by atoms with E-state index in [1.165, 1.54) is 11.3 Å². The highest BCUT2D eigenvalue weighted by atomic mass is 16.5. The van der Waals surface area contributed by atoms with E-state index in [0.29, 0.717) is 36.8 Å². The summed E-state index contributed by atoms with van der Waals surface area (Å²) < 4.78 is 7.18. The lowest BCUT2D eigenvalue weighted by molar-refractivity contribution is 0.374. The lowest BCUT2D eigenvalue weighted by Crippen LogP contribution is -2.46. The van der Waals surface area contributed by atoms with Crippen LogP contribution in [-0.2, 0) is 19.3 Å². The van der Waals surface area contributed by atoms with Gasteiger partial charge in [-0.2, -0.15) is 10.1 Å². The van der Waals surface area contributed by atoms with Crippen molar-refractivity contribution in [2.24, 2.45) is 4.99 Å². The van der Waals surface area contributed by atoms with Crippen LogP contribution in [-0.4, -0.2) is 45.5 Å². The van der Waals surface area contributed by atoms with Gasteiger partial charge in [0.1, 0.15) is 0 Å². The number of aliphatic imine (C=N–C) groups is 1. The molecule has 2 aromatic rings. The average Bonchev–Trinajstić information content (AvgIpc) is 3.19. The van der Waals surface area contributed by atoms with Crippen LogP contribution in [0, 0.1) is 6.92 Å². The lowest BCUT2D eigenvalue weighted by atomic mass is 9.94. The van der Waals surface area contributed by atoms with Gasteiger partial charge < -0.3 is 15.2 Å². The van der Waals surface area contributed by atoms with Crippen LogP contribution in [0.2, 0.25) is 0 Å². The second-order valence-corrected chi connectivity index (χ2v) is 6.74. The van der Waals surface area contributed by atoms with E-state index in [4.69, 9.17) is 9.62 Å². The molecule has 1 atom stereocenters. The van der Waals surface area contributed by atoms with Crippen LogP contribution in [0.3, 0.4) is 0 Å². The Hall–Kier alpha value is -2.38. The van der Waals surface area contributed by atoms with Crippen LogP contribution in [0.4, 0.5) is 0 Å². The van der Waals surface area contributed by atoms with Crippen molar-refractivity contribution in [1.82, 2.24) is 30.6 Å². The summed E-state index contributed by atoms with van der Waals surface area (Å²) in [6, 6.07) is 0.750. The van der Waals surface area contributed by atoms with Crippen molar-refractivity contribution in [3.8, 4) is 0 Å². The third-order valence-electron chi connectivity index (χ3n) is 4.39. The minimum absolute atomic E-state index is 0.347. The van der Waals surface area contributed by atoms with Gasteiger partial charge in [0, 0.05) is 44.7 Å². The van der Waals surface area contributed by atoms with Gasteiger partial charge in [-0.3, -0.25) is 9.67 Å². The van der Waals surface area contributed by atoms with E-state index in [0.717, 1.165) is 25.2 Å². The standard InChI is InChI=1S/C17H27N7O/c1-11(2)24-10-13-5-6-14(9-15(13)22-24)21-17(18-4)19-8-7-16-20-12(3)23-25-16/h10-11,14H,5-9H2,1-4H3,(H2,18,19,21). The Morgan fingerprint density at radius 2 is 2.32 bits per heavy atom. The number of hydrogen-bond acceptors (Lipinski definition) is 5. The minimum Gasteiger partial charge on any atom is -0.356 e. The summed E-state index contributed by atoms with van der Waals surface area (Å²) in [7, 11) is 1.79.